The van der Waals surface area contributed by atoms with E-state index in [0.29, 0.717) is 37.9 Å². The van der Waals surface area contributed by atoms with E-state index in [1.54, 1.807) is 6.07 Å². The first-order valence-electron chi connectivity index (χ1n) is 12.2. The van der Waals surface area contributed by atoms with E-state index in [1.807, 2.05) is 36.4 Å². The highest BCUT2D eigenvalue weighted by Gasteiger charge is 2.49. The molecule has 2 aromatic rings. The number of nitrogens with one attached hydrogen (secondary N) is 1. The monoisotopic (exact) mass is 493 g/mol. The van der Waals surface area contributed by atoms with Crippen LogP contribution >= 0.6 is 0 Å². The third-order valence-corrected chi connectivity index (χ3v) is 10.4. The van der Waals surface area contributed by atoms with Gasteiger partial charge >= 0.3 is 0 Å². The van der Waals surface area contributed by atoms with Crippen LogP contribution in [0.5, 0.6) is 5.75 Å². The molecule has 1 N–H and O–H groups in total. The number of nitriles is 1. The fourth-order valence-corrected chi connectivity index (χ4v) is 7.47. The van der Waals surface area contributed by atoms with Gasteiger partial charge in [-0.3, -0.25) is 9.69 Å². The van der Waals surface area contributed by atoms with Crippen molar-refractivity contribution in [1.29, 1.82) is 5.26 Å². The fourth-order valence-electron chi connectivity index (χ4n) is 5.87. The van der Waals surface area contributed by atoms with Crippen molar-refractivity contribution in [3.8, 4) is 11.8 Å². The second-order valence-electron chi connectivity index (χ2n) is 10.2. The summed E-state index contributed by atoms with van der Waals surface area (Å²) in [6.07, 6.45) is 5.03. The summed E-state index contributed by atoms with van der Waals surface area (Å²) < 4.78 is 30.0. The van der Waals surface area contributed by atoms with Gasteiger partial charge in [0.25, 0.3) is 0 Å². The number of hydrogen-bond donors (Lipinski definition) is 1. The minimum Gasteiger partial charge on any atom is -0.492 e. The summed E-state index contributed by atoms with van der Waals surface area (Å²) in [5.74, 6) is 0.759. The van der Waals surface area contributed by atoms with E-state index in [0.717, 1.165) is 42.1 Å². The van der Waals surface area contributed by atoms with E-state index < -0.39 is 20.0 Å². The second-order valence-corrected chi connectivity index (χ2v) is 12.6. The molecule has 2 aromatic carbocycles. The molecule has 184 valence electrons. The van der Waals surface area contributed by atoms with Gasteiger partial charge in [0.15, 0.2) is 9.84 Å². The first kappa shape index (κ1) is 23.8. The highest BCUT2D eigenvalue weighted by Crippen LogP contribution is 2.48. The normalized spacial score (nSPS) is 21.5. The van der Waals surface area contributed by atoms with Gasteiger partial charge in [-0.05, 0) is 93.6 Å². The lowest BCUT2D eigenvalue weighted by Gasteiger charge is -2.41. The van der Waals surface area contributed by atoms with Gasteiger partial charge in [0.2, 0.25) is 5.91 Å². The maximum atomic E-state index is 12.9. The van der Waals surface area contributed by atoms with Crippen molar-refractivity contribution in [2.24, 2.45) is 0 Å². The van der Waals surface area contributed by atoms with E-state index in [2.05, 4.69) is 23.2 Å². The standard InChI is InChI=1S/C27H31N3O4S/c1-19(18-34-22-7-5-21(6-8-22)27(10-3-11-27)35(2,32)33)30-14-12-26(13-15-30)23-16-20(17-28)4-9-24(23)29-25(26)31/h4-9,16,19H,3,10-15,18H2,1-2H3,(H,29,31). The number of anilines is 1. The van der Waals surface area contributed by atoms with Crippen molar-refractivity contribution in [1.82, 2.24) is 4.90 Å². The SMILES string of the molecule is CC(COc1ccc(C2(S(C)(=O)=O)CCC2)cc1)N1CCC2(CC1)C(=O)Nc1ccc(C#N)cc12. The number of piperidine rings is 1. The van der Waals surface area contributed by atoms with Gasteiger partial charge in [0.1, 0.15) is 12.4 Å². The lowest BCUT2D eigenvalue weighted by Crippen LogP contribution is -2.50. The van der Waals surface area contributed by atoms with E-state index in [4.69, 9.17) is 4.74 Å². The summed E-state index contributed by atoms with van der Waals surface area (Å²) in [6.45, 7) is 4.16. The van der Waals surface area contributed by atoms with E-state index in [9.17, 15) is 18.5 Å². The number of benzene rings is 2. The third-order valence-electron chi connectivity index (χ3n) is 8.36. The van der Waals surface area contributed by atoms with Crippen LogP contribution in [0.3, 0.4) is 0 Å². The fraction of sp³-hybridized carbons (Fsp3) is 0.481. The van der Waals surface area contributed by atoms with Gasteiger partial charge in [0, 0.05) is 18.0 Å². The number of sulfone groups is 1. The Kier molecular flexibility index (Phi) is 5.89. The van der Waals surface area contributed by atoms with Crippen LogP contribution in [0.25, 0.3) is 0 Å². The first-order valence-corrected chi connectivity index (χ1v) is 14.1. The van der Waals surface area contributed by atoms with Gasteiger partial charge in [-0.25, -0.2) is 8.42 Å². The lowest BCUT2D eigenvalue weighted by atomic mass is 9.73. The van der Waals surface area contributed by atoms with Crippen molar-refractivity contribution in [2.45, 2.75) is 55.2 Å². The number of amides is 1. The highest BCUT2D eigenvalue weighted by molar-refractivity contribution is 7.91. The summed E-state index contributed by atoms with van der Waals surface area (Å²) in [6, 6.07) is 15.3. The molecule has 0 bridgehead atoms. The maximum absolute atomic E-state index is 12.9. The Morgan fingerprint density at radius 2 is 1.80 bits per heavy atom. The number of nitrogens with zero attached hydrogens (tertiary/aromatic N) is 2. The number of carbonyl (C=O) groups excluding carboxylic acids is 1. The van der Waals surface area contributed by atoms with Crippen molar-refractivity contribution >= 4 is 21.4 Å². The zero-order chi connectivity index (χ0) is 24.8. The topological polar surface area (TPSA) is 99.5 Å². The Morgan fingerprint density at radius 1 is 1.11 bits per heavy atom. The minimum absolute atomic E-state index is 0.0320. The van der Waals surface area contributed by atoms with Crippen molar-refractivity contribution in [3.63, 3.8) is 0 Å². The molecule has 1 aliphatic carbocycles. The molecule has 7 nitrogen and oxygen atoms in total. The molecule has 2 aliphatic heterocycles. The van der Waals surface area contributed by atoms with Crippen LogP contribution in [0.1, 0.15) is 55.7 Å². The average Bonchev–Trinajstić information content (AvgIpc) is 3.07. The second kappa shape index (κ2) is 8.65. The van der Waals surface area contributed by atoms with Crippen LogP contribution in [0, 0.1) is 11.3 Å². The molecule has 2 fully saturated rings. The van der Waals surface area contributed by atoms with Gasteiger partial charge in [0.05, 0.1) is 21.8 Å². The predicted octanol–water partition coefficient (Wildman–Crippen LogP) is 3.74. The summed E-state index contributed by atoms with van der Waals surface area (Å²) >= 11 is 0. The molecule has 1 unspecified atom stereocenters. The van der Waals surface area contributed by atoms with Crippen molar-refractivity contribution in [3.05, 3.63) is 59.2 Å². The van der Waals surface area contributed by atoms with Gasteiger partial charge in [-0.2, -0.15) is 5.26 Å². The molecule has 8 heteroatoms. The Balaban J connectivity index is 1.20. The van der Waals surface area contributed by atoms with E-state index in [1.165, 1.54) is 6.26 Å². The van der Waals surface area contributed by atoms with Crippen LogP contribution in [-0.2, 0) is 24.8 Å². The van der Waals surface area contributed by atoms with E-state index in [-0.39, 0.29) is 11.9 Å². The van der Waals surface area contributed by atoms with Crippen LogP contribution in [0.2, 0.25) is 0 Å². The van der Waals surface area contributed by atoms with Gasteiger partial charge < -0.3 is 10.1 Å². The first-order chi connectivity index (χ1) is 16.7. The Bertz CT molecular complexity index is 1280. The number of fused-ring (bicyclic) bond motifs is 2. The molecule has 35 heavy (non-hydrogen) atoms. The molecule has 2 heterocycles. The zero-order valence-corrected chi connectivity index (χ0v) is 21.0. The number of likely N-dealkylation sites (tertiary alicyclic amines) is 1. The molecule has 1 amide bonds. The summed E-state index contributed by atoms with van der Waals surface area (Å²) in [7, 11) is -3.16. The number of rotatable bonds is 6. The molecule has 1 spiro atoms. The summed E-state index contributed by atoms with van der Waals surface area (Å²) in [4.78, 5) is 15.2. The van der Waals surface area contributed by atoms with Crippen LogP contribution < -0.4 is 10.1 Å². The lowest BCUT2D eigenvalue weighted by molar-refractivity contribution is -0.122. The van der Waals surface area contributed by atoms with Gasteiger partial charge in [-0.1, -0.05) is 12.1 Å². The molecular formula is C27H31N3O4S. The third kappa shape index (κ3) is 3.91. The molecule has 5 rings (SSSR count). The molecule has 0 aromatic heterocycles. The molecule has 0 radical (unpaired) electrons. The molecule has 1 saturated heterocycles. The molecular weight excluding hydrogens is 462 g/mol. The Hall–Kier alpha value is -2.89. The quantitative estimate of drug-likeness (QED) is 0.658. The maximum Gasteiger partial charge on any atom is 0.235 e. The molecule has 1 saturated carbocycles. The average molecular weight is 494 g/mol. The van der Waals surface area contributed by atoms with Gasteiger partial charge in [-0.15, -0.1) is 0 Å². The highest BCUT2D eigenvalue weighted by atomic mass is 32.2. The van der Waals surface area contributed by atoms with E-state index >= 15 is 0 Å². The van der Waals surface area contributed by atoms with Crippen LogP contribution in [-0.4, -0.2) is 51.2 Å². The number of ether oxygens (including phenoxy) is 1. The predicted molar refractivity (Wildman–Crippen MR) is 134 cm³/mol. The molecule has 3 aliphatic rings. The smallest absolute Gasteiger partial charge is 0.235 e. The minimum atomic E-state index is -3.16. The Labute approximate surface area is 207 Å². The van der Waals surface area contributed by atoms with Crippen LogP contribution in [0.4, 0.5) is 5.69 Å². The van der Waals surface area contributed by atoms with Crippen molar-refractivity contribution in [2.75, 3.05) is 31.3 Å². The zero-order valence-electron chi connectivity index (χ0n) is 20.2. The van der Waals surface area contributed by atoms with Crippen LogP contribution in [0.15, 0.2) is 42.5 Å². The van der Waals surface area contributed by atoms with Crippen molar-refractivity contribution < 1.29 is 17.9 Å². The Morgan fingerprint density at radius 3 is 2.37 bits per heavy atom. The number of hydrogen-bond acceptors (Lipinski definition) is 6. The molecule has 1 atom stereocenters. The number of carbonyl (C=O) groups is 1. The largest absolute Gasteiger partial charge is 0.492 e. The summed E-state index contributed by atoms with van der Waals surface area (Å²) in [5, 5.41) is 12.3. The summed E-state index contributed by atoms with van der Waals surface area (Å²) in [5.41, 5.74) is 2.63.